The van der Waals surface area contributed by atoms with Crippen LogP contribution in [0.1, 0.15) is 40.0 Å². The van der Waals surface area contributed by atoms with Crippen molar-refractivity contribution < 1.29 is 29.3 Å². The van der Waals surface area contributed by atoms with Crippen LogP contribution in [0.3, 0.4) is 0 Å². The molecule has 0 atom stereocenters. The van der Waals surface area contributed by atoms with Crippen LogP contribution in [0.4, 0.5) is 0 Å². The standard InChI is InChI=1S/C11H21NO2.C2H2O4/c1-11(2,3)14-10(13)8-9-4-6-12-7-5-9;3-1(4)2(5)6/h9,12H,4-8H2,1-3H3;(H,3,4)(H,5,6). The number of esters is 1. The first-order chi connectivity index (χ1) is 9.11. The van der Waals surface area contributed by atoms with Crippen LogP contribution >= 0.6 is 0 Å². The number of hydrogen-bond donors (Lipinski definition) is 3. The Kier molecular flexibility index (Phi) is 7.83. The van der Waals surface area contributed by atoms with Gasteiger partial charge in [0.1, 0.15) is 5.60 Å². The molecular weight excluding hydrogens is 266 g/mol. The van der Waals surface area contributed by atoms with E-state index in [2.05, 4.69) is 5.32 Å². The highest BCUT2D eigenvalue weighted by Crippen LogP contribution is 2.18. The lowest BCUT2D eigenvalue weighted by Gasteiger charge is -2.24. The molecule has 7 nitrogen and oxygen atoms in total. The van der Waals surface area contributed by atoms with Crippen molar-refractivity contribution in [3.05, 3.63) is 0 Å². The minimum atomic E-state index is -1.82. The lowest BCUT2D eigenvalue weighted by Crippen LogP contribution is -2.31. The Balaban J connectivity index is 0.000000511. The molecular formula is C13H23NO6. The van der Waals surface area contributed by atoms with Crippen LogP contribution in [0.25, 0.3) is 0 Å². The number of aliphatic carboxylic acids is 2. The molecule has 1 aliphatic rings. The second-order valence-corrected chi connectivity index (χ2v) is 5.59. The van der Waals surface area contributed by atoms with Gasteiger partial charge in [0, 0.05) is 6.42 Å². The van der Waals surface area contributed by atoms with Crippen LogP contribution in [0.2, 0.25) is 0 Å². The third-order valence-corrected chi connectivity index (χ3v) is 2.52. The van der Waals surface area contributed by atoms with Gasteiger partial charge in [0.05, 0.1) is 0 Å². The van der Waals surface area contributed by atoms with Crippen molar-refractivity contribution in [3.63, 3.8) is 0 Å². The lowest BCUT2D eigenvalue weighted by atomic mass is 9.95. The second-order valence-electron chi connectivity index (χ2n) is 5.59. The summed E-state index contributed by atoms with van der Waals surface area (Å²) in [6.45, 7) is 7.80. The SMILES string of the molecule is CC(C)(C)OC(=O)CC1CCNCC1.O=C(O)C(=O)O. The summed E-state index contributed by atoms with van der Waals surface area (Å²) in [5.41, 5.74) is -0.343. The average Bonchev–Trinajstić information content (AvgIpc) is 2.28. The van der Waals surface area contributed by atoms with Crippen LogP contribution in [0.5, 0.6) is 0 Å². The number of ether oxygens (including phenoxy) is 1. The zero-order valence-corrected chi connectivity index (χ0v) is 12.1. The highest BCUT2D eigenvalue weighted by molar-refractivity contribution is 6.27. The molecule has 1 rings (SSSR count). The van der Waals surface area contributed by atoms with Gasteiger partial charge in [-0.05, 0) is 52.6 Å². The Labute approximate surface area is 118 Å². The first kappa shape index (κ1) is 18.4. The topological polar surface area (TPSA) is 113 Å². The maximum Gasteiger partial charge on any atom is 0.414 e. The van der Waals surface area contributed by atoms with Gasteiger partial charge in [-0.1, -0.05) is 0 Å². The molecule has 0 radical (unpaired) electrons. The van der Waals surface area contributed by atoms with Gasteiger partial charge < -0.3 is 20.3 Å². The number of piperidine rings is 1. The number of nitrogens with one attached hydrogen (secondary N) is 1. The molecule has 0 aromatic carbocycles. The normalized spacial score (nSPS) is 15.8. The maximum absolute atomic E-state index is 11.5. The molecule has 0 aromatic rings. The fourth-order valence-corrected chi connectivity index (χ4v) is 1.70. The zero-order valence-electron chi connectivity index (χ0n) is 12.1. The van der Waals surface area contributed by atoms with Gasteiger partial charge in [-0.3, -0.25) is 4.79 Å². The Morgan fingerprint density at radius 1 is 1.10 bits per heavy atom. The summed E-state index contributed by atoms with van der Waals surface area (Å²) in [7, 11) is 0. The number of carbonyl (C=O) groups excluding carboxylic acids is 1. The fraction of sp³-hybridized carbons (Fsp3) is 0.769. The zero-order chi connectivity index (χ0) is 15.8. The van der Waals surface area contributed by atoms with Crippen LogP contribution < -0.4 is 5.32 Å². The smallest absolute Gasteiger partial charge is 0.414 e. The molecule has 20 heavy (non-hydrogen) atoms. The summed E-state index contributed by atoms with van der Waals surface area (Å²) in [6.07, 6.45) is 2.78. The van der Waals surface area contributed by atoms with Crippen molar-refractivity contribution in [1.29, 1.82) is 0 Å². The van der Waals surface area contributed by atoms with Gasteiger partial charge in [-0.25, -0.2) is 9.59 Å². The number of carbonyl (C=O) groups is 3. The highest BCUT2D eigenvalue weighted by atomic mass is 16.6. The van der Waals surface area contributed by atoms with E-state index in [4.69, 9.17) is 24.5 Å². The van der Waals surface area contributed by atoms with E-state index in [1.54, 1.807) is 0 Å². The maximum atomic E-state index is 11.5. The average molecular weight is 289 g/mol. The summed E-state index contributed by atoms with van der Waals surface area (Å²) >= 11 is 0. The van der Waals surface area contributed by atoms with E-state index in [1.165, 1.54) is 0 Å². The number of carboxylic acids is 2. The quantitative estimate of drug-likeness (QED) is 0.510. The van der Waals surface area contributed by atoms with Crippen LogP contribution in [-0.2, 0) is 19.1 Å². The summed E-state index contributed by atoms with van der Waals surface area (Å²) in [6, 6.07) is 0. The first-order valence-corrected chi connectivity index (χ1v) is 6.50. The Bertz CT molecular complexity index is 329. The van der Waals surface area contributed by atoms with Crippen LogP contribution in [0, 0.1) is 5.92 Å². The van der Waals surface area contributed by atoms with Gasteiger partial charge in [-0.15, -0.1) is 0 Å². The molecule has 0 aliphatic carbocycles. The van der Waals surface area contributed by atoms with E-state index in [0.717, 1.165) is 25.9 Å². The van der Waals surface area contributed by atoms with Gasteiger partial charge in [0.2, 0.25) is 0 Å². The van der Waals surface area contributed by atoms with Crippen molar-refractivity contribution >= 4 is 17.9 Å². The number of carboxylic acid groups (broad SMARTS) is 2. The van der Waals surface area contributed by atoms with Crippen molar-refractivity contribution in [1.82, 2.24) is 5.32 Å². The van der Waals surface area contributed by atoms with Gasteiger partial charge >= 0.3 is 17.9 Å². The van der Waals surface area contributed by atoms with E-state index in [1.807, 2.05) is 20.8 Å². The Morgan fingerprint density at radius 3 is 1.90 bits per heavy atom. The molecule has 0 spiro atoms. The molecule has 1 aliphatic heterocycles. The van der Waals surface area contributed by atoms with E-state index in [9.17, 15) is 4.79 Å². The molecule has 1 fully saturated rings. The molecule has 1 saturated heterocycles. The number of hydrogen-bond acceptors (Lipinski definition) is 5. The molecule has 1 heterocycles. The summed E-state index contributed by atoms with van der Waals surface area (Å²) in [4.78, 5) is 29.7. The Hall–Kier alpha value is -1.63. The molecule has 0 aromatic heterocycles. The Morgan fingerprint density at radius 2 is 1.55 bits per heavy atom. The van der Waals surface area contributed by atoms with Crippen molar-refractivity contribution in [3.8, 4) is 0 Å². The van der Waals surface area contributed by atoms with Gasteiger partial charge in [-0.2, -0.15) is 0 Å². The minimum absolute atomic E-state index is 0.0515. The van der Waals surface area contributed by atoms with Crippen molar-refractivity contribution in [2.45, 2.75) is 45.6 Å². The number of rotatable bonds is 2. The molecule has 7 heteroatoms. The van der Waals surface area contributed by atoms with Crippen molar-refractivity contribution in [2.24, 2.45) is 5.92 Å². The highest BCUT2D eigenvalue weighted by Gasteiger charge is 2.21. The van der Waals surface area contributed by atoms with Crippen LogP contribution in [-0.4, -0.2) is 46.8 Å². The predicted molar refractivity (Wildman–Crippen MR) is 71.3 cm³/mol. The predicted octanol–water partition coefficient (Wildman–Crippen LogP) is 0.873. The molecule has 0 amide bonds. The summed E-state index contributed by atoms with van der Waals surface area (Å²) < 4.78 is 5.28. The summed E-state index contributed by atoms with van der Waals surface area (Å²) in [5.74, 6) is -3.18. The monoisotopic (exact) mass is 289 g/mol. The second kappa shape index (κ2) is 8.52. The van der Waals surface area contributed by atoms with E-state index in [0.29, 0.717) is 12.3 Å². The fourth-order valence-electron chi connectivity index (χ4n) is 1.70. The third kappa shape index (κ3) is 10.3. The lowest BCUT2D eigenvalue weighted by molar-refractivity contribution is -0.159. The molecule has 116 valence electrons. The largest absolute Gasteiger partial charge is 0.473 e. The molecule has 0 unspecified atom stereocenters. The molecule has 0 saturated carbocycles. The molecule has 0 bridgehead atoms. The minimum Gasteiger partial charge on any atom is -0.473 e. The van der Waals surface area contributed by atoms with Gasteiger partial charge in [0.25, 0.3) is 0 Å². The van der Waals surface area contributed by atoms with E-state index >= 15 is 0 Å². The first-order valence-electron chi connectivity index (χ1n) is 6.50. The van der Waals surface area contributed by atoms with Gasteiger partial charge in [0.15, 0.2) is 0 Å². The third-order valence-electron chi connectivity index (χ3n) is 2.52. The van der Waals surface area contributed by atoms with E-state index < -0.39 is 11.9 Å². The molecule has 3 N–H and O–H groups in total. The summed E-state index contributed by atoms with van der Waals surface area (Å²) in [5, 5.41) is 18.1. The van der Waals surface area contributed by atoms with Crippen molar-refractivity contribution in [2.75, 3.05) is 13.1 Å². The van der Waals surface area contributed by atoms with Crippen LogP contribution in [0.15, 0.2) is 0 Å². The van der Waals surface area contributed by atoms with E-state index in [-0.39, 0.29) is 11.6 Å².